The van der Waals surface area contributed by atoms with Gasteiger partial charge in [0.1, 0.15) is 0 Å². The van der Waals surface area contributed by atoms with Crippen LogP contribution in [0.3, 0.4) is 0 Å². The van der Waals surface area contributed by atoms with Gasteiger partial charge in [-0.1, -0.05) is 45.0 Å². The Morgan fingerprint density at radius 2 is 1.59 bits per heavy atom. The Morgan fingerprint density at radius 3 is 2.19 bits per heavy atom. The average Bonchev–Trinajstić information content (AvgIpc) is 2.67. The van der Waals surface area contributed by atoms with Crippen LogP contribution in [0.1, 0.15) is 57.1 Å². The van der Waals surface area contributed by atoms with E-state index in [0.717, 1.165) is 29.8 Å². The van der Waals surface area contributed by atoms with Crippen molar-refractivity contribution in [2.24, 2.45) is 10.7 Å². The minimum atomic E-state index is 0.0380. The van der Waals surface area contributed by atoms with Crippen molar-refractivity contribution in [3.05, 3.63) is 59.7 Å². The maximum Gasteiger partial charge on any atom is 0.224 e. The fraction of sp³-hybridized carbons (Fsp3) is 0.364. The monoisotopic (exact) mass is 366 g/mol. The zero-order chi connectivity index (χ0) is 19.6. The first kappa shape index (κ1) is 20.5. The molecule has 5 nitrogen and oxygen atoms in total. The molecule has 27 heavy (non-hydrogen) atoms. The standard InChI is InChI=1S/C22H30N4O/c1-4-6-21(27)25-19-11-7-17(8-12-19)15-24-22(23)26-20-13-9-18(10-14-20)16(3)5-2/h7-14,16H,4-6,15H2,1-3H3,(H,25,27)(H3,23,24,26). The highest BCUT2D eigenvalue weighted by molar-refractivity contribution is 5.92. The maximum atomic E-state index is 11.6. The number of hydrogen-bond donors (Lipinski definition) is 3. The summed E-state index contributed by atoms with van der Waals surface area (Å²) in [6.45, 7) is 6.87. The number of nitrogens with zero attached hydrogens (tertiary/aromatic N) is 1. The number of aliphatic imine (C=N–C) groups is 1. The summed E-state index contributed by atoms with van der Waals surface area (Å²) in [4.78, 5) is 16.0. The van der Waals surface area contributed by atoms with Gasteiger partial charge in [-0.2, -0.15) is 0 Å². The van der Waals surface area contributed by atoms with Gasteiger partial charge in [-0.25, -0.2) is 4.99 Å². The molecule has 5 heteroatoms. The molecule has 1 unspecified atom stereocenters. The van der Waals surface area contributed by atoms with Crippen LogP contribution < -0.4 is 16.4 Å². The lowest BCUT2D eigenvalue weighted by Crippen LogP contribution is -2.22. The van der Waals surface area contributed by atoms with Crippen molar-refractivity contribution >= 4 is 23.2 Å². The van der Waals surface area contributed by atoms with Gasteiger partial charge in [0.05, 0.1) is 6.54 Å². The SMILES string of the molecule is CCCC(=O)Nc1ccc(CN=C(N)Nc2ccc(C(C)CC)cc2)cc1. The number of carbonyl (C=O) groups is 1. The molecular formula is C22H30N4O. The van der Waals surface area contributed by atoms with Gasteiger partial charge in [0.2, 0.25) is 5.91 Å². The van der Waals surface area contributed by atoms with E-state index in [9.17, 15) is 4.79 Å². The summed E-state index contributed by atoms with van der Waals surface area (Å²) in [5, 5.41) is 5.99. The lowest BCUT2D eigenvalue weighted by molar-refractivity contribution is -0.116. The third kappa shape index (κ3) is 6.77. The highest BCUT2D eigenvalue weighted by Crippen LogP contribution is 2.20. The number of nitrogens with one attached hydrogen (secondary N) is 2. The summed E-state index contributed by atoms with van der Waals surface area (Å²) in [5.74, 6) is 0.975. The Morgan fingerprint density at radius 1 is 1.00 bits per heavy atom. The van der Waals surface area contributed by atoms with Gasteiger partial charge in [0, 0.05) is 17.8 Å². The minimum Gasteiger partial charge on any atom is -0.370 e. The molecule has 0 fully saturated rings. The number of hydrogen-bond acceptors (Lipinski definition) is 2. The van der Waals surface area contributed by atoms with Gasteiger partial charge in [-0.05, 0) is 54.2 Å². The summed E-state index contributed by atoms with van der Waals surface area (Å²) in [7, 11) is 0. The second kappa shape index (κ2) is 10.4. The Balaban J connectivity index is 1.88. The van der Waals surface area contributed by atoms with Crippen LogP contribution in [0.5, 0.6) is 0 Å². The molecule has 0 bridgehead atoms. The second-order valence-electron chi connectivity index (χ2n) is 6.75. The van der Waals surface area contributed by atoms with Gasteiger partial charge in [-0.3, -0.25) is 4.79 Å². The summed E-state index contributed by atoms with van der Waals surface area (Å²) in [6.07, 6.45) is 2.50. The van der Waals surface area contributed by atoms with Crippen LogP contribution in [-0.4, -0.2) is 11.9 Å². The van der Waals surface area contributed by atoms with E-state index in [4.69, 9.17) is 5.73 Å². The number of rotatable bonds is 8. The first-order valence-corrected chi connectivity index (χ1v) is 9.57. The summed E-state index contributed by atoms with van der Waals surface area (Å²) in [6, 6.07) is 15.9. The van der Waals surface area contributed by atoms with E-state index < -0.39 is 0 Å². The van der Waals surface area contributed by atoms with Crippen LogP contribution in [-0.2, 0) is 11.3 Å². The predicted molar refractivity (Wildman–Crippen MR) is 114 cm³/mol. The van der Waals surface area contributed by atoms with Crippen molar-refractivity contribution in [3.8, 4) is 0 Å². The highest BCUT2D eigenvalue weighted by Gasteiger charge is 2.03. The van der Waals surface area contributed by atoms with E-state index >= 15 is 0 Å². The van der Waals surface area contributed by atoms with Crippen molar-refractivity contribution in [2.75, 3.05) is 10.6 Å². The molecule has 0 heterocycles. The summed E-state index contributed by atoms with van der Waals surface area (Å²) < 4.78 is 0. The number of anilines is 2. The van der Waals surface area contributed by atoms with Crippen LogP contribution in [0.25, 0.3) is 0 Å². The summed E-state index contributed by atoms with van der Waals surface area (Å²) >= 11 is 0. The van der Waals surface area contributed by atoms with Crippen molar-refractivity contribution in [3.63, 3.8) is 0 Å². The molecule has 0 spiro atoms. The molecule has 0 aliphatic heterocycles. The molecule has 2 rings (SSSR count). The first-order valence-electron chi connectivity index (χ1n) is 9.57. The Hall–Kier alpha value is -2.82. The number of guanidine groups is 1. The third-order valence-corrected chi connectivity index (χ3v) is 4.51. The molecule has 0 saturated carbocycles. The van der Waals surface area contributed by atoms with Crippen LogP contribution in [0.2, 0.25) is 0 Å². The summed E-state index contributed by atoms with van der Waals surface area (Å²) in [5.41, 5.74) is 10.1. The molecule has 1 amide bonds. The van der Waals surface area contributed by atoms with E-state index in [2.05, 4.69) is 41.6 Å². The van der Waals surface area contributed by atoms with Gasteiger partial charge < -0.3 is 16.4 Å². The van der Waals surface area contributed by atoms with E-state index in [0.29, 0.717) is 24.8 Å². The zero-order valence-corrected chi connectivity index (χ0v) is 16.5. The van der Waals surface area contributed by atoms with Crippen molar-refractivity contribution in [1.82, 2.24) is 0 Å². The van der Waals surface area contributed by atoms with Gasteiger partial charge in [0.15, 0.2) is 5.96 Å². The zero-order valence-electron chi connectivity index (χ0n) is 16.5. The molecular weight excluding hydrogens is 336 g/mol. The second-order valence-corrected chi connectivity index (χ2v) is 6.75. The topological polar surface area (TPSA) is 79.5 Å². The van der Waals surface area contributed by atoms with Crippen molar-refractivity contribution < 1.29 is 4.79 Å². The molecule has 1 atom stereocenters. The maximum absolute atomic E-state index is 11.6. The minimum absolute atomic E-state index is 0.0380. The van der Waals surface area contributed by atoms with Crippen LogP contribution in [0.15, 0.2) is 53.5 Å². The fourth-order valence-corrected chi connectivity index (χ4v) is 2.64. The largest absolute Gasteiger partial charge is 0.370 e. The van der Waals surface area contributed by atoms with E-state index in [-0.39, 0.29) is 5.91 Å². The molecule has 0 radical (unpaired) electrons. The van der Waals surface area contributed by atoms with Gasteiger partial charge in [0.25, 0.3) is 0 Å². The molecule has 0 aromatic heterocycles. The van der Waals surface area contributed by atoms with Crippen molar-refractivity contribution in [1.29, 1.82) is 0 Å². The van der Waals surface area contributed by atoms with Gasteiger partial charge >= 0.3 is 0 Å². The predicted octanol–water partition coefficient (Wildman–Crippen LogP) is 4.87. The van der Waals surface area contributed by atoms with Crippen LogP contribution >= 0.6 is 0 Å². The number of nitrogens with two attached hydrogens (primary N) is 1. The number of amides is 1. The normalized spacial score (nSPS) is 12.5. The molecule has 4 N–H and O–H groups in total. The molecule has 0 saturated heterocycles. The van der Waals surface area contributed by atoms with Crippen LogP contribution in [0.4, 0.5) is 11.4 Å². The quantitative estimate of drug-likeness (QED) is 0.461. The highest BCUT2D eigenvalue weighted by atomic mass is 16.1. The fourth-order valence-electron chi connectivity index (χ4n) is 2.64. The van der Waals surface area contributed by atoms with E-state index in [1.54, 1.807) is 0 Å². The van der Waals surface area contributed by atoms with Gasteiger partial charge in [-0.15, -0.1) is 0 Å². The lowest BCUT2D eigenvalue weighted by Gasteiger charge is -2.11. The number of benzene rings is 2. The Labute approximate surface area is 162 Å². The molecule has 2 aromatic rings. The molecule has 2 aromatic carbocycles. The number of carbonyl (C=O) groups excluding carboxylic acids is 1. The Kier molecular flexibility index (Phi) is 7.86. The average molecular weight is 367 g/mol. The Bertz CT molecular complexity index is 751. The third-order valence-electron chi connectivity index (χ3n) is 4.51. The van der Waals surface area contributed by atoms with E-state index in [1.165, 1.54) is 5.56 Å². The smallest absolute Gasteiger partial charge is 0.224 e. The van der Waals surface area contributed by atoms with Crippen LogP contribution in [0, 0.1) is 0 Å². The van der Waals surface area contributed by atoms with Crippen molar-refractivity contribution in [2.45, 2.75) is 52.5 Å². The van der Waals surface area contributed by atoms with E-state index in [1.807, 2.05) is 43.3 Å². The first-order chi connectivity index (χ1) is 13.0. The molecule has 0 aliphatic rings. The lowest BCUT2D eigenvalue weighted by atomic mass is 9.99. The molecule has 144 valence electrons. The molecule has 0 aliphatic carbocycles.